The van der Waals surface area contributed by atoms with E-state index in [1.807, 2.05) is 0 Å². The second-order valence-corrected chi connectivity index (χ2v) is 3.60. The highest BCUT2D eigenvalue weighted by Crippen LogP contribution is 2.25. The molecule has 1 atom stereocenters. The van der Waals surface area contributed by atoms with E-state index in [4.69, 9.17) is 23.9 Å². The van der Waals surface area contributed by atoms with Crippen LogP contribution in [0.5, 0.6) is 0 Å². The van der Waals surface area contributed by atoms with Gasteiger partial charge < -0.3 is 9.64 Å². The molecule has 2 rings (SSSR count). The molecule has 0 aliphatic carbocycles. The predicted octanol–water partition coefficient (Wildman–Crippen LogP) is 2.09. The molecule has 1 aromatic heterocycles. The zero-order chi connectivity index (χ0) is 25.7. The molecule has 0 fully saturated rings. The molecular formula is C15H21N3O. The van der Waals surface area contributed by atoms with Crippen LogP contribution in [0, 0.1) is 0 Å². The molecular weight excluding hydrogens is 238 g/mol. The number of ether oxygens (including phenoxy) is 1. The summed E-state index contributed by atoms with van der Waals surface area (Å²) in [4.78, 5) is 0.883. The molecule has 0 bridgehead atoms. The number of nitrogens with zero attached hydrogens (tertiary/aromatic N) is 3. The number of hydrogen-bond acceptors (Lipinski definition) is 3. The maximum Gasteiger partial charge on any atom is 0.124 e. The highest BCUT2D eigenvalue weighted by Gasteiger charge is 2.17. The predicted molar refractivity (Wildman–Crippen MR) is 76.0 cm³/mol. The van der Waals surface area contributed by atoms with Gasteiger partial charge in [-0.1, -0.05) is 30.2 Å². The minimum absolute atomic E-state index is 0.193. The van der Waals surface area contributed by atoms with E-state index in [0.717, 1.165) is 4.90 Å². The lowest BCUT2D eigenvalue weighted by atomic mass is 10.1. The minimum atomic E-state index is -3.11. The molecule has 2 aromatic rings. The van der Waals surface area contributed by atoms with E-state index in [1.165, 1.54) is 7.05 Å². The number of aryl methyl sites for hydroxylation is 1. The fourth-order valence-electron chi connectivity index (χ4n) is 1.29. The Morgan fingerprint density at radius 1 is 1.47 bits per heavy atom. The molecule has 0 saturated heterocycles. The third-order valence-electron chi connectivity index (χ3n) is 2.15. The monoisotopic (exact) mass is 273 g/mol. The van der Waals surface area contributed by atoms with Gasteiger partial charge in [0.1, 0.15) is 6.08 Å². The van der Waals surface area contributed by atoms with Gasteiger partial charge in [-0.2, -0.15) is 5.10 Å². The van der Waals surface area contributed by atoms with Gasteiger partial charge in [0.05, 0.1) is 23.3 Å². The van der Waals surface area contributed by atoms with Crippen molar-refractivity contribution in [1.82, 2.24) is 14.7 Å². The number of aromatic nitrogens is 2. The van der Waals surface area contributed by atoms with Gasteiger partial charge in [-0.3, -0.25) is 4.68 Å². The van der Waals surface area contributed by atoms with E-state index in [2.05, 4.69) is 5.10 Å². The van der Waals surface area contributed by atoms with E-state index >= 15 is 0 Å². The average Bonchev–Trinajstić information content (AvgIpc) is 2.99. The molecule has 19 heavy (non-hydrogen) atoms. The fraction of sp³-hybridized carbons (Fsp3) is 0.400. The molecule has 0 aliphatic heterocycles. The molecule has 0 radical (unpaired) electrons. The molecule has 1 heterocycles. The molecule has 4 nitrogen and oxygen atoms in total. The number of rotatable bonds is 6. The van der Waals surface area contributed by atoms with Crippen molar-refractivity contribution in [2.24, 2.45) is 6.98 Å². The van der Waals surface area contributed by atoms with Crippen molar-refractivity contribution >= 4 is 0 Å². The Labute approximate surface area is 134 Å². The molecule has 0 amide bonds. The average molecular weight is 273 g/mol. The van der Waals surface area contributed by atoms with Crippen LogP contribution in [-0.4, -0.2) is 41.9 Å². The van der Waals surface area contributed by atoms with Crippen molar-refractivity contribution in [3.8, 4) is 0 Å². The molecule has 4 heteroatoms. The summed E-state index contributed by atoms with van der Waals surface area (Å²) in [6, 6.07) is -5.06. The standard InChI is InChI=1S/C15H21N3O/c1-17(2)11-12-19-15(13-7-5-4-6-8-13)14-9-10-16-18(14)3/h4-10,15H,11-12H2,1-3H3/i1D3,3D3,4D,5D,6D,7D,8D,9D,10D,15D. The van der Waals surface area contributed by atoms with E-state index in [9.17, 15) is 0 Å². The highest BCUT2D eigenvalue weighted by molar-refractivity contribution is 5.25. The van der Waals surface area contributed by atoms with Gasteiger partial charge in [-0.15, -0.1) is 0 Å². The fourth-order valence-corrected chi connectivity index (χ4v) is 1.29. The van der Waals surface area contributed by atoms with Gasteiger partial charge in [-0.25, -0.2) is 0 Å². The van der Waals surface area contributed by atoms with Gasteiger partial charge in [0.2, 0.25) is 0 Å². The van der Waals surface area contributed by atoms with Crippen LogP contribution < -0.4 is 0 Å². The Kier molecular flexibility index (Phi) is 1.52. The van der Waals surface area contributed by atoms with Gasteiger partial charge in [0.15, 0.2) is 0 Å². The van der Waals surface area contributed by atoms with Crippen molar-refractivity contribution in [2.45, 2.75) is 6.08 Å². The first-order valence-corrected chi connectivity index (χ1v) is 5.35. The lowest BCUT2D eigenvalue weighted by Crippen LogP contribution is -2.20. The Morgan fingerprint density at radius 3 is 3.05 bits per heavy atom. The van der Waals surface area contributed by atoms with Crippen LogP contribution in [0.1, 0.15) is 36.5 Å². The zero-order valence-electron chi connectivity index (χ0n) is 24.2. The van der Waals surface area contributed by atoms with Gasteiger partial charge >= 0.3 is 0 Å². The summed E-state index contributed by atoms with van der Waals surface area (Å²) < 4.78 is 116. The largest absolute Gasteiger partial charge is 0.366 e. The normalized spacial score (nSPS) is 26.4. The summed E-state index contributed by atoms with van der Waals surface area (Å²) in [5.74, 6) is 0. The van der Waals surface area contributed by atoms with Crippen LogP contribution in [0.2, 0.25) is 0 Å². The number of likely N-dealkylation sites (N-methyl/N-ethyl adjacent to an activating group) is 1. The van der Waals surface area contributed by atoms with Crippen molar-refractivity contribution < 1.29 is 23.9 Å². The van der Waals surface area contributed by atoms with Crippen LogP contribution in [0.4, 0.5) is 0 Å². The summed E-state index contributed by atoms with van der Waals surface area (Å²) >= 11 is 0. The van der Waals surface area contributed by atoms with Crippen molar-refractivity contribution in [1.29, 1.82) is 0 Å². The van der Waals surface area contributed by atoms with Crippen LogP contribution in [-0.2, 0) is 11.7 Å². The third kappa shape index (κ3) is 3.66. The summed E-state index contributed by atoms with van der Waals surface area (Å²) in [6.45, 7) is -6.53. The number of benzene rings is 1. The summed E-state index contributed by atoms with van der Waals surface area (Å²) in [6.07, 6.45) is -3.76. The summed E-state index contributed by atoms with van der Waals surface area (Å²) in [5, 5.41) is 3.46. The molecule has 0 aliphatic rings. The third-order valence-corrected chi connectivity index (χ3v) is 2.15. The van der Waals surface area contributed by atoms with E-state index < -0.39 is 80.3 Å². The van der Waals surface area contributed by atoms with Crippen molar-refractivity contribution in [2.75, 3.05) is 27.2 Å². The van der Waals surface area contributed by atoms with Gasteiger partial charge in [-0.05, 0) is 25.6 Å². The van der Waals surface area contributed by atoms with Crippen LogP contribution in [0.15, 0.2) is 42.4 Å². The summed E-state index contributed by atoms with van der Waals surface area (Å²) in [7, 11) is 1.23. The molecule has 0 N–H and O–H groups in total. The maximum absolute atomic E-state index is 8.96. The lowest BCUT2D eigenvalue weighted by molar-refractivity contribution is 0.0638. The minimum Gasteiger partial charge on any atom is -0.366 e. The second kappa shape index (κ2) is 6.50. The number of hydrogen-bond donors (Lipinski definition) is 0. The molecule has 1 unspecified atom stereocenters. The Bertz CT molecular complexity index is 1020. The molecule has 102 valence electrons. The first kappa shape index (κ1) is 4.43. The van der Waals surface area contributed by atoms with Crippen LogP contribution in [0.25, 0.3) is 0 Å². The zero-order valence-corrected chi connectivity index (χ0v) is 10.2. The smallest absolute Gasteiger partial charge is 0.124 e. The quantitative estimate of drug-likeness (QED) is 0.807. The highest BCUT2D eigenvalue weighted by atomic mass is 16.5. The van der Waals surface area contributed by atoms with E-state index in [-0.39, 0.29) is 11.2 Å². The summed E-state index contributed by atoms with van der Waals surface area (Å²) in [5.41, 5.74) is -1.66. The van der Waals surface area contributed by atoms with Gasteiger partial charge in [0, 0.05) is 27.9 Å². The van der Waals surface area contributed by atoms with Crippen molar-refractivity contribution in [3.63, 3.8) is 0 Å². The van der Waals surface area contributed by atoms with Crippen LogP contribution in [0.3, 0.4) is 0 Å². The first-order valence-electron chi connectivity index (χ1n) is 12.4. The SMILES string of the molecule is [2H]c1nn(C([2H])([2H])[2H])c(C([2H])(OCCN(C)C([2H])([2H])[2H])c2c([2H])c([2H])c([2H])c([2H])c2[2H])c1[2H]. The second-order valence-electron chi connectivity index (χ2n) is 3.60. The topological polar surface area (TPSA) is 30.3 Å². The van der Waals surface area contributed by atoms with Gasteiger partial charge in [0.25, 0.3) is 0 Å². The Morgan fingerprint density at radius 2 is 2.32 bits per heavy atom. The Balaban J connectivity index is 2.82. The van der Waals surface area contributed by atoms with Crippen LogP contribution >= 0.6 is 0 Å². The van der Waals surface area contributed by atoms with E-state index in [1.54, 1.807) is 0 Å². The maximum atomic E-state index is 8.96. The molecule has 0 saturated carbocycles. The van der Waals surface area contributed by atoms with E-state index in [0.29, 0.717) is 0 Å². The first-order chi connectivity index (χ1) is 14.9. The lowest BCUT2D eigenvalue weighted by Gasteiger charge is -2.20. The molecule has 1 aromatic carbocycles. The Hall–Kier alpha value is -1.65. The van der Waals surface area contributed by atoms with Crippen molar-refractivity contribution in [3.05, 3.63) is 53.7 Å². The molecule has 0 spiro atoms.